The van der Waals surface area contributed by atoms with Gasteiger partial charge >= 0.3 is 0 Å². The van der Waals surface area contributed by atoms with Gasteiger partial charge < -0.3 is 10.4 Å². The molecule has 15 heavy (non-hydrogen) atoms. The molecule has 0 saturated carbocycles. The van der Waals surface area contributed by atoms with Crippen LogP contribution in [0.2, 0.25) is 0 Å². The number of aliphatic hydroxyl groups is 1. The van der Waals surface area contributed by atoms with Crippen molar-refractivity contribution in [3.8, 4) is 0 Å². The normalized spacial score (nSPS) is 25.1. The summed E-state index contributed by atoms with van der Waals surface area (Å²) in [6.07, 6.45) is 3.12. The van der Waals surface area contributed by atoms with Crippen LogP contribution in [0, 0.1) is 5.82 Å². The van der Waals surface area contributed by atoms with Crippen molar-refractivity contribution in [2.45, 2.75) is 31.4 Å². The second-order valence-electron chi connectivity index (χ2n) is 4.16. The number of aromatic nitrogens is 1. The summed E-state index contributed by atoms with van der Waals surface area (Å²) in [5.41, 5.74) is -0.507. The molecule has 2 N–H and O–H groups in total. The fourth-order valence-electron chi connectivity index (χ4n) is 2.02. The Labute approximate surface area is 88.3 Å². The Balaban J connectivity index is 2.23. The predicted molar refractivity (Wildman–Crippen MR) is 54.8 cm³/mol. The van der Waals surface area contributed by atoms with Crippen LogP contribution in [-0.2, 0) is 5.60 Å². The van der Waals surface area contributed by atoms with Crippen LogP contribution in [0.3, 0.4) is 0 Å². The lowest BCUT2D eigenvalue weighted by Crippen LogP contribution is -2.43. The lowest BCUT2D eigenvalue weighted by atomic mass is 9.91. The van der Waals surface area contributed by atoms with E-state index in [0.29, 0.717) is 5.69 Å². The maximum Gasteiger partial charge on any atom is 0.141 e. The van der Waals surface area contributed by atoms with Gasteiger partial charge in [-0.1, -0.05) is 0 Å². The van der Waals surface area contributed by atoms with Crippen molar-refractivity contribution in [3.63, 3.8) is 0 Å². The highest BCUT2D eigenvalue weighted by molar-refractivity contribution is 5.16. The first-order valence-electron chi connectivity index (χ1n) is 5.18. The van der Waals surface area contributed by atoms with Gasteiger partial charge in [-0.05, 0) is 38.4 Å². The van der Waals surface area contributed by atoms with Crippen molar-refractivity contribution < 1.29 is 9.50 Å². The highest BCUT2D eigenvalue weighted by Gasteiger charge is 2.36. The molecule has 2 rings (SSSR count). The van der Waals surface area contributed by atoms with E-state index in [2.05, 4.69) is 10.3 Å². The van der Waals surface area contributed by atoms with E-state index in [-0.39, 0.29) is 11.9 Å². The molecular formula is C11H15FN2O. The summed E-state index contributed by atoms with van der Waals surface area (Å²) in [7, 11) is 0. The molecule has 4 heteroatoms. The maximum absolute atomic E-state index is 12.7. The van der Waals surface area contributed by atoms with Crippen LogP contribution in [0.5, 0.6) is 0 Å². The van der Waals surface area contributed by atoms with Gasteiger partial charge in [0.05, 0.1) is 11.9 Å². The quantitative estimate of drug-likeness (QED) is 0.770. The van der Waals surface area contributed by atoms with Crippen LogP contribution < -0.4 is 5.32 Å². The van der Waals surface area contributed by atoms with Crippen molar-refractivity contribution >= 4 is 0 Å². The van der Waals surface area contributed by atoms with Crippen LogP contribution in [0.4, 0.5) is 4.39 Å². The molecule has 0 aromatic carbocycles. The fraction of sp³-hybridized carbons (Fsp3) is 0.545. The third kappa shape index (κ3) is 2.01. The summed E-state index contributed by atoms with van der Waals surface area (Å²) in [5.74, 6) is -0.381. The number of nitrogens with zero attached hydrogens (tertiary/aromatic N) is 1. The van der Waals surface area contributed by atoms with Gasteiger partial charge in [-0.2, -0.15) is 0 Å². The fourth-order valence-corrected chi connectivity index (χ4v) is 2.02. The summed E-state index contributed by atoms with van der Waals surface area (Å²) in [6.45, 7) is 2.64. The van der Waals surface area contributed by atoms with Gasteiger partial charge in [0.2, 0.25) is 0 Å². The van der Waals surface area contributed by atoms with Gasteiger partial charge in [0.15, 0.2) is 0 Å². The Morgan fingerprint density at radius 2 is 2.40 bits per heavy atom. The molecule has 1 aliphatic heterocycles. The zero-order valence-corrected chi connectivity index (χ0v) is 8.70. The lowest BCUT2D eigenvalue weighted by molar-refractivity contribution is 0.0175. The van der Waals surface area contributed by atoms with E-state index >= 15 is 0 Å². The topological polar surface area (TPSA) is 45.2 Å². The molecule has 1 fully saturated rings. The van der Waals surface area contributed by atoms with Crippen molar-refractivity contribution in [2.24, 2.45) is 0 Å². The second kappa shape index (κ2) is 3.87. The smallest absolute Gasteiger partial charge is 0.141 e. The first-order chi connectivity index (χ1) is 7.10. The van der Waals surface area contributed by atoms with E-state index in [1.807, 2.05) is 0 Å². The SMILES string of the molecule is CC(O)(c1ccc(F)cn1)C1CCCN1. The van der Waals surface area contributed by atoms with Gasteiger partial charge in [-0.15, -0.1) is 0 Å². The molecular weight excluding hydrogens is 195 g/mol. The van der Waals surface area contributed by atoms with Crippen molar-refractivity contribution in [1.82, 2.24) is 10.3 Å². The zero-order chi connectivity index (χ0) is 10.9. The van der Waals surface area contributed by atoms with Gasteiger partial charge in [0.25, 0.3) is 0 Å². The summed E-state index contributed by atoms with van der Waals surface area (Å²) < 4.78 is 12.7. The molecule has 3 nitrogen and oxygen atoms in total. The Morgan fingerprint density at radius 1 is 1.60 bits per heavy atom. The molecule has 1 aromatic heterocycles. The van der Waals surface area contributed by atoms with Crippen molar-refractivity contribution in [2.75, 3.05) is 6.54 Å². The van der Waals surface area contributed by atoms with Crippen LogP contribution in [0.25, 0.3) is 0 Å². The van der Waals surface area contributed by atoms with Crippen LogP contribution >= 0.6 is 0 Å². The van der Waals surface area contributed by atoms with Crippen LogP contribution in [-0.4, -0.2) is 22.7 Å². The molecule has 1 saturated heterocycles. The summed E-state index contributed by atoms with van der Waals surface area (Å²) in [5, 5.41) is 13.6. The maximum atomic E-state index is 12.7. The lowest BCUT2D eigenvalue weighted by Gasteiger charge is -2.29. The molecule has 0 radical (unpaired) electrons. The first kappa shape index (κ1) is 10.5. The average molecular weight is 210 g/mol. The minimum absolute atomic E-state index is 0.00969. The molecule has 0 aliphatic carbocycles. The van der Waals surface area contributed by atoms with Crippen LogP contribution in [0.1, 0.15) is 25.5 Å². The van der Waals surface area contributed by atoms with Gasteiger partial charge in [0, 0.05) is 6.04 Å². The zero-order valence-electron chi connectivity index (χ0n) is 8.70. The Bertz CT molecular complexity index is 331. The molecule has 82 valence electrons. The number of nitrogens with one attached hydrogen (secondary N) is 1. The number of rotatable bonds is 2. The van der Waals surface area contributed by atoms with Crippen molar-refractivity contribution in [1.29, 1.82) is 0 Å². The van der Waals surface area contributed by atoms with Crippen LogP contribution in [0.15, 0.2) is 18.3 Å². The molecule has 2 atom stereocenters. The third-order valence-electron chi connectivity index (χ3n) is 2.98. The van der Waals surface area contributed by atoms with E-state index in [9.17, 15) is 9.50 Å². The summed E-state index contributed by atoms with van der Waals surface area (Å²) in [4.78, 5) is 3.93. The number of hydrogen-bond acceptors (Lipinski definition) is 3. The Hall–Kier alpha value is -1.00. The van der Waals surface area contributed by atoms with E-state index in [1.54, 1.807) is 6.92 Å². The molecule has 1 aliphatic rings. The van der Waals surface area contributed by atoms with E-state index in [0.717, 1.165) is 25.6 Å². The highest BCUT2D eigenvalue weighted by Crippen LogP contribution is 2.27. The molecule has 0 spiro atoms. The largest absolute Gasteiger partial charge is 0.382 e. The minimum Gasteiger partial charge on any atom is -0.382 e. The van der Waals surface area contributed by atoms with E-state index in [4.69, 9.17) is 0 Å². The third-order valence-corrected chi connectivity index (χ3v) is 2.98. The number of pyridine rings is 1. The predicted octanol–water partition coefficient (Wildman–Crippen LogP) is 1.18. The molecule has 0 amide bonds. The standard InChI is InChI=1S/C11H15FN2O/c1-11(15,9-3-2-6-13-9)10-5-4-8(12)7-14-10/h4-5,7,9,13,15H,2-3,6H2,1H3. The number of hydrogen-bond donors (Lipinski definition) is 2. The minimum atomic E-state index is -1.02. The van der Waals surface area contributed by atoms with E-state index in [1.165, 1.54) is 12.1 Å². The summed E-state index contributed by atoms with van der Waals surface area (Å²) in [6, 6.07) is 2.87. The molecule has 2 unspecified atom stereocenters. The molecule has 0 bridgehead atoms. The number of halogens is 1. The molecule has 1 aromatic rings. The molecule has 2 heterocycles. The first-order valence-corrected chi connectivity index (χ1v) is 5.18. The monoisotopic (exact) mass is 210 g/mol. The summed E-state index contributed by atoms with van der Waals surface area (Å²) >= 11 is 0. The average Bonchev–Trinajstić information content (AvgIpc) is 2.71. The van der Waals surface area contributed by atoms with Gasteiger partial charge in [0.1, 0.15) is 11.4 Å². The highest BCUT2D eigenvalue weighted by atomic mass is 19.1. The Kier molecular flexibility index (Phi) is 2.71. The Morgan fingerprint density at radius 3 is 2.93 bits per heavy atom. The second-order valence-corrected chi connectivity index (χ2v) is 4.16. The van der Waals surface area contributed by atoms with Crippen molar-refractivity contribution in [3.05, 3.63) is 29.8 Å². The van der Waals surface area contributed by atoms with Gasteiger partial charge in [-0.3, -0.25) is 4.98 Å². The van der Waals surface area contributed by atoms with Gasteiger partial charge in [-0.25, -0.2) is 4.39 Å². The van der Waals surface area contributed by atoms with E-state index < -0.39 is 5.60 Å².